The molecule has 0 bridgehead atoms. The molecular formula is C19H21N5O. The molecule has 0 amide bonds. The number of fused-ring (bicyclic) bond motifs is 1. The van der Waals surface area contributed by atoms with Gasteiger partial charge in [0.1, 0.15) is 24.5 Å². The standard InChI is InChI=1S/C19H21N5O/c1-2-10-20-17(3-1)13-25-18-7-4-15(5-8-18)11-21-16-6-9-19-22-14-23-24(19)12-16/h1-5,7-8,10,14,16,21H,6,9,11-13H2/t16-/m1/s1. The van der Waals surface area contributed by atoms with Gasteiger partial charge in [-0.15, -0.1) is 0 Å². The Morgan fingerprint density at radius 3 is 2.88 bits per heavy atom. The molecule has 0 spiro atoms. The van der Waals surface area contributed by atoms with E-state index in [0.29, 0.717) is 12.6 Å². The lowest BCUT2D eigenvalue weighted by Crippen LogP contribution is -2.37. The molecule has 3 heterocycles. The van der Waals surface area contributed by atoms with Crippen LogP contribution >= 0.6 is 0 Å². The first-order valence-corrected chi connectivity index (χ1v) is 8.58. The molecule has 2 aromatic heterocycles. The van der Waals surface area contributed by atoms with Gasteiger partial charge in [0.25, 0.3) is 0 Å². The SMILES string of the molecule is c1ccc(COc2ccc(CN[C@@H]3CCc4ncnn4C3)cc2)nc1. The van der Waals surface area contributed by atoms with Crippen molar-refractivity contribution in [2.24, 2.45) is 0 Å². The fourth-order valence-electron chi connectivity index (χ4n) is 3.01. The van der Waals surface area contributed by atoms with Crippen LogP contribution in [0, 0.1) is 0 Å². The lowest BCUT2D eigenvalue weighted by atomic mass is 10.1. The summed E-state index contributed by atoms with van der Waals surface area (Å²) >= 11 is 0. The van der Waals surface area contributed by atoms with E-state index >= 15 is 0 Å². The van der Waals surface area contributed by atoms with Crippen LogP contribution in [0.3, 0.4) is 0 Å². The summed E-state index contributed by atoms with van der Waals surface area (Å²) in [5.74, 6) is 1.95. The van der Waals surface area contributed by atoms with Gasteiger partial charge in [-0.05, 0) is 36.2 Å². The minimum Gasteiger partial charge on any atom is -0.487 e. The van der Waals surface area contributed by atoms with Gasteiger partial charge < -0.3 is 10.1 Å². The summed E-state index contributed by atoms with van der Waals surface area (Å²) < 4.78 is 7.77. The molecule has 0 aliphatic carbocycles. The largest absolute Gasteiger partial charge is 0.487 e. The molecule has 128 valence electrons. The van der Waals surface area contributed by atoms with Crippen molar-refractivity contribution in [3.63, 3.8) is 0 Å². The molecule has 3 aromatic rings. The predicted octanol–water partition coefficient (Wildman–Crippen LogP) is 2.36. The molecular weight excluding hydrogens is 314 g/mol. The van der Waals surface area contributed by atoms with Gasteiger partial charge in [0.05, 0.1) is 12.2 Å². The second-order valence-electron chi connectivity index (χ2n) is 6.23. The first-order chi connectivity index (χ1) is 12.4. The summed E-state index contributed by atoms with van der Waals surface area (Å²) in [5, 5.41) is 7.87. The highest BCUT2D eigenvalue weighted by Gasteiger charge is 2.18. The smallest absolute Gasteiger partial charge is 0.138 e. The summed E-state index contributed by atoms with van der Waals surface area (Å²) in [5.41, 5.74) is 2.17. The summed E-state index contributed by atoms with van der Waals surface area (Å²) in [7, 11) is 0. The Kier molecular flexibility index (Phi) is 4.70. The van der Waals surface area contributed by atoms with Crippen molar-refractivity contribution in [2.45, 2.75) is 38.6 Å². The maximum atomic E-state index is 5.77. The highest BCUT2D eigenvalue weighted by Crippen LogP contribution is 2.15. The number of aromatic nitrogens is 4. The third-order valence-corrected chi connectivity index (χ3v) is 4.44. The van der Waals surface area contributed by atoms with Gasteiger partial charge in [0.2, 0.25) is 0 Å². The van der Waals surface area contributed by atoms with Crippen molar-refractivity contribution in [3.8, 4) is 5.75 Å². The lowest BCUT2D eigenvalue weighted by molar-refractivity contribution is 0.301. The number of nitrogens with one attached hydrogen (secondary N) is 1. The second-order valence-corrected chi connectivity index (χ2v) is 6.23. The molecule has 0 saturated carbocycles. The lowest BCUT2D eigenvalue weighted by Gasteiger charge is -2.23. The van der Waals surface area contributed by atoms with Crippen LogP contribution in [0.1, 0.15) is 23.5 Å². The molecule has 1 N–H and O–H groups in total. The normalized spacial score (nSPS) is 16.4. The average molecular weight is 335 g/mol. The number of ether oxygens (including phenoxy) is 1. The zero-order valence-corrected chi connectivity index (χ0v) is 14.0. The Bertz CT molecular complexity index is 800. The van der Waals surface area contributed by atoms with E-state index in [1.807, 2.05) is 35.0 Å². The van der Waals surface area contributed by atoms with E-state index in [-0.39, 0.29) is 0 Å². The van der Waals surface area contributed by atoms with E-state index < -0.39 is 0 Å². The zero-order valence-electron chi connectivity index (χ0n) is 14.0. The quantitative estimate of drug-likeness (QED) is 0.749. The minimum absolute atomic E-state index is 0.439. The van der Waals surface area contributed by atoms with E-state index in [4.69, 9.17) is 4.74 Å². The topological polar surface area (TPSA) is 64.9 Å². The van der Waals surface area contributed by atoms with E-state index in [1.165, 1.54) is 5.56 Å². The van der Waals surface area contributed by atoms with Crippen molar-refractivity contribution < 1.29 is 4.74 Å². The zero-order chi connectivity index (χ0) is 16.9. The fourth-order valence-corrected chi connectivity index (χ4v) is 3.01. The van der Waals surface area contributed by atoms with Gasteiger partial charge >= 0.3 is 0 Å². The highest BCUT2D eigenvalue weighted by atomic mass is 16.5. The molecule has 0 radical (unpaired) electrons. The van der Waals surface area contributed by atoms with Gasteiger partial charge in [-0.1, -0.05) is 18.2 Å². The number of rotatable bonds is 6. The Labute approximate surface area is 146 Å². The molecule has 25 heavy (non-hydrogen) atoms. The van der Waals surface area contributed by atoms with Gasteiger partial charge in [-0.25, -0.2) is 9.67 Å². The first-order valence-electron chi connectivity index (χ1n) is 8.58. The van der Waals surface area contributed by atoms with Gasteiger partial charge in [0.15, 0.2) is 0 Å². The van der Waals surface area contributed by atoms with Crippen molar-refractivity contribution in [1.29, 1.82) is 0 Å². The summed E-state index contributed by atoms with van der Waals surface area (Å²) in [6.45, 7) is 2.22. The van der Waals surface area contributed by atoms with Crippen LogP contribution in [0.25, 0.3) is 0 Å². The van der Waals surface area contributed by atoms with Crippen LogP contribution in [0.5, 0.6) is 5.75 Å². The Morgan fingerprint density at radius 2 is 2.04 bits per heavy atom. The molecule has 6 nitrogen and oxygen atoms in total. The number of nitrogens with zero attached hydrogens (tertiary/aromatic N) is 4. The Balaban J connectivity index is 1.26. The average Bonchev–Trinajstić information content (AvgIpc) is 3.14. The number of pyridine rings is 1. The van der Waals surface area contributed by atoms with Gasteiger partial charge in [-0.2, -0.15) is 5.10 Å². The maximum absolute atomic E-state index is 5.77. The number of benzene rings is 1. The van der Waals surface area contributed by atoms with E-state index in [9.17, 15) is 0 Å². The highest BCUT2D eigenvalue weighted by molar-refractivity contribution is 5.27. The molecule has 1 aliphatic rings. The van der Waals surface area contributed by atoms with Crippen LogP contribution in [0.15, 0.2) is 55.0 Å². The molecule has 1 aromatic carbocycles. The van der Waals surface area contributed by atoms with Crippen LogP contribution in [-0.2, 0) is 26.1 Å². The van der Waals surface area contributed by atoms with E-state index in [2.05, 4.69) is 32.5 Å². The van der Waals surface area contributed by atoms with Crippen molar-refractivity contribution in [3.05, 3.63) is 72.1 Å². The van der Waals surface area contributed by atoms with Crippen molar-refractivity contribution in [2.75, 3.05) is 0 Å². The summed E-state index contributed by atoms with van der Waals surface area (Å²) in [4.78, 5) is 8.52. The van der Waals surface area contributed by atoms with Crippen LogP contribution < -0.4 is 10.1 Å². The molecule has 6 heteroatoms. The van der Waals surface area contributed by atoms with Gasteiger partial charge in [0, 0.05) is 25.2 Å². The van der Waals surface area contributed by atoms with Crippen molar-refractivity contribution in [1.82, 2.24) is 25.1 Å². The van der Waals surface area contributed by atoms with Crippen molar-refractivity contribution >= 4 is 0 Å². The number of hydrogen-bond donors (Lipinski definition) is 1. The van der Waals surface area contributed by atoms with E-state index in [1.54, 1.807) is 12.5 Å². The Morgan fingerprint density at radius 1 is 1.12 bits per heavy atom. The number of aryl methyl sites for hydroxylation is 1. The van der Waals surface area contributed by atoms with Crippen LogP contribution in [0.4, 0.5) is 0 Å². The summed E-state index contributed by atoms with van der Waals surface area (Å²) in [6, 6.07) is 14.5. The van der Waals surface area contributed by atoms with Crippen LogP contribution in [0.2, 0.25) is 0 Å². The molecule has 1 atom stereocenters. The third-order valence-electron chi connectivity index (χ3n) is 4.44. The van der Waals surface area contributed by atoms with Crippen LogP contribution in [-0.4, -0.2) is 25.8 Å². The third kappa shape index (κ3) is 4.03. The first kappa shape index (κ1) is 15.8. The molecule has 1 aliphatic heterocycles. The number of hydrogen-bond acceptors (Lipinski definition) is 5. The molecule has 0 saturated heterocycles. The minimum atomic E-state index is 0.439. The fraction of sp³-hybridized carbons (Fsp3) is 0.316. The van der Waals surface area contributed by atoms with Gasteiger partial charge in [-0.3, -0.25) is 4.98 Å². The maximum Gasteiger partial charge on any atom is 0.138 e. The monoisotopic (exact) mass is 335 g/mol. The molecule has 0 fully saturated rings. The Hall–Kier alpha value is -2.73. The predicted molar refractivity (Wildman–Crippen MR) is 94.0 cm³/mol. The molecule has 0 unspecified atom stereocenters. The summed E-state index contributed by atoms with van der Waals surface area (Å²) in [6.07, 6.45) is 5.50. The van der Waals surface area contributed by atoms with E-state index in [0.717, 1.165) is 43.2 Å². The second kappa shape index (κ2) is 7.44. The molecule has 4 rings (SSSR count).